The average Bonchev–Trinajstić information content (AvgIpc) is 2.72. The minimum absolute atomic E-state index is 0.232. The zero-order chi connectivity index (χ0) is 18.6. The van der Waals surface area contributed by atoms with E-state index in [1.54, 1.807) is 13.2 Å². The molecule has 3 aromatic carbocycles. The Hall–Kier alpha value is -2.76. The van der Waals surface area contributed by atoms with Crippen molar-refractivity contribution in [1.29, 1.82) is 0 Å². The predicted octanol–water partition coefficient (Wildman–Crippen LogP) is 4.69. The number of benzene rings is 3. The van der Waals surface area contributed by atoms with Gasteiger partial charge in [0.05, 0.1) is 12.2 Å². The van der Waals surface area contributed by atoms with E-state index in [-0.39, 0.29) is 23.5 Å². The predicted molar refractivity (Wildman–Crippen MR) is 104 cm³/mol. The third-order valence-electron chi connectivity index (χ3n) is 4.19. The third kappa shape index (κ3) is 3.56. The Morgan fingerprint density at radius 3 is 2.44 bits per heavy atom. The van der Waals surface area contributed by atoms with Crippen LogP contribution in [-0.2, 0) is 20.4 Å². The minimum Gasteiger partial charge on any atom is -0.460 e. The van der Waals surface area contributed by atoms with E-state index in [0.717, 1.165) is 21.3 Å². The Bertz CT molecular complexity index is 956. The standard InChI is InChI=1S/C22H19O4S/c1-24-13-14-25-22(23)16-11-12-19-21(15-16)27(17-7-3-2-4-8-17)20-10-6-5-9-18(20)26-19/h2-12,15H,13-14H2,1H3/q+1. The fourth-order valence-corrected chi connectivity index (χ4v) is 5.19. The summed E-state index contributed by atoms with van der Waals surface area (Å²) in [6, 6.07) is 23.8. The summed E-state index contributed by atoms with van der Waals surface area (Å²) >= 11 is 0. The zero-order valence-electron chi connectivity index (χ0n) is 14.9. The lowest BCUT2D eigenvalue weighted by Gasteiger charge is -2.20. The van der Waals surface area contributed by atoms with Crippen molar-refractivity contribution >= 4 is 16.9 Å². The monoisotopic (exact) mass is 379 g/mol. The lowest BCUT2D eigenvalue weighted by Crippen LogP contribution is -2.15. The SMILES string of the molecule is COCCOC(=O)c1ccc2c(c1)[S+](c1ccccc1)c1ccccc1O2. The highest BCUT2D eigenvalue weighted by molar-refractivity contribution is 7.97. The van der Waals surface area contributed by atoms with E-state index in [9.17, 15) is 4.79 Å². The van der Waals surface area contributed by atoms with Gasteiger partial charge in [-0.3, -0.25) is 0 Å². The second kappa shape index (κ2) is 7.86. The van der Waals surface area contributed by atoms with Gasteiger partial charge in [-0.15, -0.1) is 0 Å². The van der Waals surface area contributed by atoms with Gasteiger partial charge in [0.15, 0.2) is 16.4 Å². The van der Waals surface area contributed by atoms with Crippen LogP contribution in [0.3, 0.4) is 0 Å². The molecule has 0 amide bonds. The van der Waals surface area contributed by atoms with Crippen molar-refractivity contribution in [2.24, 2.45) is 0 Å². The molecular formula is C22H19O4S+. The molecular weight excluding hydrogens is 360 g/mol. The summed E-state index contributed by atoms with van der Waals surface area (Å²) in [5.74, 6) is 1.27. The summed E-state index contributed by atoms with van der Waals surface area (Å²) in [6.45, 7) is 0.609. The normalized spacial score (nSPS) is 14.6. The molecule has 0 radical (unpaired) electrons. The molecule has 0 N–H and O–H groups in total. The van der Waals surface area contributed by atoms with Gasteiger partial charge in [-0.1, -0.05) is 30.3 Å². The van der Waals surface area contributed by atoms with E-state index in [1.165, 1.54) is 4.90 Å². The number of methoxy groups -OCH3 is 1. The van der Waals surface area contributed by atoms with E-state index < -0.39 is 0 Å². The summed E-state index contributed by atoms with van der Waals surface area (Å²) in [6.07, 6.45) is 0. The van der Waals surface area contributed by atoms with E-state index in [2.05, 4.69) is 18.2 Å². The van der Waals surface area contributed by atoms with Crippen LogP contribution in [0.2, 0.25) is 0 Å². The summed E-state index contributed by atoms with van der Waals surface area (Å²) in [7, 11) is 1.23. The van der Waals surface area contributed by atoms with Crippen LogP contribution < -0.4 is 4.74 Å². The first-order chi connectivity index (χ1) is 13.3. The van der Waals surface area contributed by atoms with Crippen LogP contribution in [0, 0.1) is 0 Å². The number of fused-ring (bicyclic) bond motifs is 2. The molecule has 0 bridgehead atoms. The van der Waals surface area contributed by atoms with Crippen molar-refractivity contribution in [3.05, 3.63) is 78.4 Å². The van der Waals surface area contributed by atoms with Crippen molar-refractivity contribution in [3.63, 3.8) is 0 Å². The van der Waals surface area contributed by atoms with Gasteiger partial charge < -0.3 is 14.2 Å². The first kappa shape index (κ1) is 17.6. The summed E-state index contributed by atoms with van der Waals surface area (Å²) in [4.78, 5) is 15.7. The molecule has 1 aliphatic rings. The molecule has 0 saturated carbocycles. The molecule has 136 valence electrons. The maximum atomic E-state index is 12.4. The molecule has 0 spiro atoms. The van der Waals surface area contributed by atoms with Crippen LogP contribution in [-0.4, -0.2) is 26.3 Å². The first-order valence-electron chi connectivity index (χ1n) is 8.64. The maximum absolute atomic E-state index is 12.4. The van der Waals surface area contributed by atoms with Gasteiger partial charge in [-0.2, -0.15) is 0 Å². The summed E-state index contributed by atoms with van der Waals surface area (Å²) < 4.78 is 16.3. The fraction of sp³-hybridized carbons (Fsp3) is 0.136. The highest BCUT2D eigenvalue weighted by Gasteiger charge is 2.39. The van der Waals surface area contributed by atoms with Gasteiger partial charge >= 0.3 is 5.97 Å². The molecule has 1 aliphatic heterocycles. The highest BCUT2D eigenvalue weighted by Crippen LogP contribution is 2.47. The van der Waals surface area contributed by atoms with Gasteiger partial charge in [0.1, 0.15) is 17.5 Å². The van der Waals surface area contributed by atoms with Gasteiger partial charge in [0, 0.05) is 13.2 Å². The molecule has 1 heterocycles. The molecule has 0 saturated heterocycles. The van der Waals surface area contributed by atoms with E-state index in [4.69, 9.17) is 14.2 Å². The largest absolute Gasteiger partial charge is 0.460 e. The summed E-state index contributed by atoms with van der Waals surface area (Å²) in [5, 5.41) is 0. The van der Waals surface area contributed by atoms with Crippen molar-refractivity contribution in [2.45, 2.75) is 14.7 Å². The number of rotatable bonds is 5. The highest BCUT2D eigenvalue weighted by atomic mass is 32.2. The molecule has 1 unspecified atom stereocenters. The van der Waals surface area contributed by atoms with Crippen LogP contribution in [0.1, 0.15) is 10.4 Å². The van der Waals surface area contributed by atoms with Crippen molar-refractivity contribution < 1.29 is 19.0 Å². The topological polar surface area (TPSA) is 44.8 Å². The van der Waals surface area contributed by atoms with Crippen LogP contribution in [0.5, 0.6) is 11.5 Å². The number of para-hydroxylation sites is 1. The number of esters is 1. The lowest BCUT2D eigenvalue weighted by atomic mass is 10.2. The lowest BCUT2D eigenvalue weighted by molar-refractivity contribution is 0.0388. The second-order valence-electron chi connectivity index (χ2n) is 5.96. The fourth-order valence-electron chi connectivity index (χ4n) is 2.93. The molecule has 3 aromatic rings. The van der Waals surface area contributed by atoms with Gasteiger partial charge in [-0.25, -0.2) is 4.79 Å². The van der Waals surface area contributed by atoms with Crippen molar-refractivity contribution in [2.75, 3.05) is 20.3 Å². The van der Waals surface area contributed by atoms with Gasteiger partial charge in [0.2, 0.25) is 9.79 Å². The molecule has 4 nitrogen and oxygen atoms in total. The van der Waals surface area contributed by atoms with Crippen LogP contribution in [0.4, 0.5) is 0 Å². The Kier molecular flexibility index (Phi) is 5.14. The Morgan fingerprint density at radius 1 is 0.889 bits per heavy atom. The van der Waals surface area contributed by atoms with Crippen molar-refractivity contribution in [3.8, 4) is 11.5 Å². The molecule has 27 heavy (non-hydrogen) atoms. The minimum atomic E-state index is -0.356. The third-order valence-corrected chi connectivity index (χ3v) is 6.47. The van der Waals surface area contributed by atoms with Gasteiger partial charge in [0.25, 0.3) is 0 Å². The van der Waals surface area contributed by atoms with E-state index in [1.807, 2.05) is 48.5 Å². The van der Waals surface area contributed by atoms with E-state index in [0.29, 0.717) is 12.2 Å². The molecule has 0 aromatic heterocycles. The smallest absolute Gasteiger partial charge is 0.338 e. The maximum Gasteiger partial charge on any atom is 0.338 e. The van der Waals surface area contributed by atoms with Crippen molar-refractivity contribution in [1.82, 2.24) is 0 Å². The first-order valence-corrected chi connectivity index (χ1v) is 9.87. The van der Waals surface area contributed by atoms with Crippen LogP contribution >= 0.6 is 0 Å². The average molecular weight is 379 g/mol. The second-order valence-corrected chi connectivity index (χ2v) is 7.92. The molecule has 5 heteroatoms. The Morgan fingerprint density at radius 2 is 1.63 bits per heavy atom. The Labute approximate surface area is 161 Å². The number of hydrogen-bond acceptors (Lipinski definition) is 4. The summed E-state index contributed by atoms with van der Waals surface area (Å²) in [5.41, 5.74) is 0.515. The quantitative estimate of drug-likeness (QED) is 0.287. The number of carbonyl (C=O) groups is 1. The number of ether oxygens (including phenoxy) is 3. The number of hydrogen-bond donors (Lipinski definition) is 0. The molecule has 0 aliphatic carbocycles. The molecule has 0 fully saturated rings. The van der Waals surface area contributed by atoms with Gasteiger partial charge in [-0.05, 0) is 36.4 Å². The number of carbonyl (C=O) groups excluding carboxylic acids is 1. The van der Waals surface area contributed by atoms with Crippen LogP contribution in [0.25, 0.3) is 0 Å². The zero-order valence-corrected chi connectivity index (χ0v) is 15.7. The van der Waals surface area contributed by atoms with Crippen LogP contribution in [0.15, 0.2) is 87.5 Å². The van der Waals surface area contributed by atoms with E-state index >= 15 is 0 Å². The molecule has 1 atom stereocenters. The Balaban J connectivity index is 1.76. The molecule has 4 rings (SSSR count).